The van der Waals surface area contributed by atoms with Crippen LogP contribution in [0.3, 0.4) is 0 Å². The summed E-state index contributed by atoms with van der Waals surface area (Å²) in [5, 5.41) is 13.1. The molecule has 0 amide bonds. The van der Waals surface area contributed by atoms with Crippen LogP contribution in [0.15, 0.2) is 12.4 Å². The number of rotatable bonds is 2. The minimum absolute atomic E-state index is 0.0101. The van der Waals surface area contributed by atoms with Crippen LogP contribution in [-0.2, 0) is 9.53 Å². The van der Waals surface area contributed by atoms with Crippen molar-refractivity contribution in [2.75, 3.05) is 5.73 Å². The van der Waals surface area contributed by atoms with Crippen LogP contribution >= 0.6 is 0 Å². The molecule has 0 unspecified atom stereocenters. The fourth-order valence-corrected chi connectivity index (χ4v) is 2.40. The van der Waals surface area contributed by atoms with Crippen molar-refractivity contribution >= 4 is 17.6 Å². The molecule has 2 aromatic heterocycles. The Kier molecular flexibility index (Phi) is 2.84. The SMILES string of the molecule is N#Cc1cc([C@@H]2O[C@H](C=O)C[C@@H]2F)n2ncnc(N)c12. The molecule has 8 heteroatoms. The number of hydrogen-bond donors (Lipinski definition) is 1. The van der Waals surface area contributed by atoms with E-state index < -0.39 is 18.4 Å². The van der Waals surface area contributed by atoms with Crippen molar-refractivity contribution < 1.29 is 13.9 Å². The molecule has 0 radical (unpaired) electrons. The molecule has 0 aromatic carbocycles. The van der Waals surface area contributed by atoms with Gasteiger partial charge in [0.15, 0.2) is 5.82 Å². The lowest BCUT2D eigenvalue weighted by Crippen LogP contribution is -2.12. The molecule has 2 N–H and O–H groups in total. The Hall–Kier alpha value is -2.53. The second-order valence-corrected chi connectivity index (χ2v) is 4.48. The van der Waals surface area contributed by atoms with Gasteiger partial charge in [-0.15, -0.1) is 0 Å². The molecule has 1 aliphatic rings. The molecule has 20 heavy (non-hydrogen) atoms. The summed E-state index contributed by atoms with van der Waals surface area (Å²) in [6.45, 7) is 0. The molecule has 3 rings (SSSR count). The van der Waals surface area contributed by atoms with E-state index in [9.17, 15) is 9.18 Å². The molecule has 2 aromatic rings. The molecule has 0 spiro atoms. The lowest BCUT2D eigenvalue weighted by molar-refractivity contribution is -0.117. The molecule has 1 aliphatic heterocycles. The number of nitrogen functional groups attached to an aromatic ring is 1. The Bertz CT molecular complexity index is 722. The van der Waals surface area contributed by atoms with Gasteiger partial charge in [-0.2, -0.15) is 10.4 Å². The number of halogens is 1. The average Bonchev–Trinajstić information content (AvgIpc) is 3.00. The number of alkyl halides is 1. The summed E-state index contributed by atoms with van der Waals surface area (Å²) < 4.78 is 20.7. The zero-order valence-electron chi connectivity index (χ0n) is 10.2. The highest BCUT2D eigenvalue weighted by atomic mass is 19.1. The fourth-order valence-electron chi connectivity index (χ4n) is 2.40. The van der Waals surface area contributed by atoms with Gasteiger partial charge in [0.1, 0.15) is 42.6 Å². The van der Waals surface area contributed by atoms with Crippen molar-refractivity contribution in [2.24, 2.45) is 0 Å². The number of nitrogens with zero attached hydrogens (tertiary/aromatic N) is 4. The van der Waals surface area contributed by atoms with Crippen molar-refractivity contribution in [3.8, 4) is 6.07 Å². The third-order valence-corrected chi connectivity index (χ3v) is 3.28. The zero-order chi connectivity index (χ0) is 14.3. The molecule has 3 atom stereocenters. The van der Waals surface area contributed by atoms with Gasteiger partial charge >= 0.3 is 0 Å². The van der Waals surface area contributed by atoms with E-state index >= 15 is 0 Å². The standard InChI is InChI=1S/C12H10FN5O2/c13-8-2-7(4-19)20-11(8)9-1-6(3-14)10-12(15)16-5-17-18(9)10/h1,4-5,7-8,11H,2H2,(H2,15,16,17)/t7-,8-,11+/m0/s1. The summed E-state index contributed by atoms with van der Waals surface area (Å²) in [6.07, 6.45) is -1.31. The second kappa shape index (κ2) is 4.54. The number of hydrogen-bond acceptors (Lipinski definition) is 6. The Balaban J connectivity index is 2.16. The fraction of sp³-hybridized carbons (Fsp3) is 0.333. The minimum Gasteiger partial charge on any atom is -0.382 e. The quantitative estimate of drug-likeness (QED) is 0.802. The summed E-state index contributed by atoms with van der Waals surface area (Å²) in [4.78, 5) is 14.5. The van der Waals surface area contributed by atoms with Crippen LogP contribution in [0, 0.1) is 11.3 Å². The van der Waals surface area contributed by atoms with Crippen LogP contribution < -0.4 is 5.73 Å². The highest BCUT2D eigenvalue weighted by Crippen LogP contribution is 2.36. The summed E-state index contributed by atoms with van der Waals surface area (Å²) >= 11 is 0. The number of ether oxygens (including phenoxy) is 1. The number of carbonyl (C=O) groups is 1. The van der Waals surface area contributed by atoms with Crippen LogP contribution in [0.2, 0.25) is 0 Å². The molecule has 7 nitrogen and oxygen atoms in total. The van der Waals surface area contributed by atoms with E-state index in [0.29, 0.717) is 17.5 Å². The molecule has 0 saturated carbocycles. The van der Waals surface area contributed by atoms with Gasteiger partial charge in [-0.05, 0) is 6.07 Å². The highest BCUT2D eigenvalue weighted by molar-refractivity contribution is 5.74. The van der Waals surface area contributed by atoms with Crippen molar-refractivity contribution in [1.82, 2.24) is 14.6 Å². The first-order valence-electron chi connectivity index (χ1n) is 5.92. The van der Waals surface area contributed by atoms with Crippen molar-refractivity contribution in [3.63, 3.8) is 0 Å². The zero-order valence-corrected chi connectivity index (χ0v) is 10.2. The monoisotopic (exact) mass is 275 g/mol. The molecule has 102 valence electrons. The average molecular weight is 275 g/mol. The van der Waals surface area contributed by atoms with E-state index in [1.807, 2.05) is 6.07 Å². The number of carbonyl (C=O) groups excluding carboxylic acids is 1. The number of nitrogens with two attached hydrogens (primary N) is 1. The van der Waals surface area contributed by atoms with Gasteiger partial charge in [0.05, 0.1) is 11.3 Å². The van der Waals surface area contributed by atoms with Crippen LogP contribution in [-0.4, -0.2) is 33.2 Å². The summed E-state index contributed by atoms with van der Waals surface area (Å²) in [5.41, 5.74) is 6.62. The normalized spacial score (nSPS) is 25.7. The van der Waals surface area contributed by atoms with Gasteiger partial charge < -0.3 is 15.3 Å². The van der Waals surface area contributed by atoms with E-state index in [-0.39, 0.29) is 17.8 Å². The maximum absolute atomic E-state index is 14.0. The van der Waals surface area contributed by atoms with Crippen LogP contribution in [0.5, 0.6) is 0 Å². The summed E-state index contributed by atoms with van der Waals surface area (Å²) in [5.74, 6) is 0.128. The van der Waals surface area contributed by atoms with E-state index in [2.05, 4.69) is 10.1 Å². The number of aldehydes is 1. The number of aromatic nitrogens is 3. The number of fused-ring (bicyclic) bond motifs is 1. The summed E-state index contributed by atoms with van der Waals surface area (Å²) in [7, 11) is 0. The second-order valence-electron chi connectivity index (χ2n) is 4.48. The van der Waals surface area contributed by atoms with Gasteiger partial charge in [-0.1, -0.05) is 0 Å². The van der Waals surface area contributed by atoms with E-state index in [1.165, 1.54) is 16.9 Å². The molecule has 3 heterocycles. The smallest absolute Gasteiger partial charge is 0.152 e. The number of anilines is 1. The molecule has 1 fully saturated rings. The largest absolute Gasteiger partial charge is 0.382 e. The first kappa shape index (κ1) is 12.5. The first-order chi connectivity index (χ1) is 9.65. The van der Waals surface area contributed by atoms with Crippen LogP contribution in [0.25, 0.3) is 5.52 Å². The van der Waals surface area contributed by atoms with E-state index in [1.54, 1.807) is 0 Å². The van der Waals surface area contributed by atoms with Crippen molar-refractivity contribution in [1.29, 1.82) is 5.26 Å². The van der Waals surface area contributed by atoms with Crippen LogP contribution in [0.4, 0.5) is 10.2 Å². The minimum atomic E-state index is -1.34. The maximum atomic E-state index is 14.0. The van der Waals surface area contributed by atoms with Gasteiger partial charge in [-0.25, -0.2) is 13.9 Å². The maximum Gasteiger partial charge on any atom is 0.152 e. The molecule has 0 bridgehead atoms. The predicted octanol–water partition coefficient (Wildman–Crippen LogP) is 0.550. The lowest BCUT2D eigenvalue weighted by Gasteiger charge is -2.12. The Morgan fingerprint density at radius 1 is 1.65 bits per heavy atom. The van der Waals surface area contributed by atoms with Crippen molar-refractivity contribution in [3.05, 3.63) is 23.7 Å². The topological polar surface area (TPSA) is 106 Å². The van der Waals surface area contributed by atoms with Gasteiger partial charge in [0.25, 0.3) is 0 Å². The van der Waals surface area contributed by atoms with Crippen LogP contribution in [0.1, 0.15) is 23.8 Å². The Labute approximate surface area is 112 Å². The summed E-state index contributed by atoms with van der Waals surface area (Å²) in [6, 6.07) is 3.43. The van der Waals surface area contributed by atoms with Gasteiger partial charge in [-0.3, -0.25) is 0 Å². The van der Waals surface area contributed by atoms with E-state index in [4.69, 9.17) is 15.7 Å². The molecule has 0 aliphatic carbocycles. The first-order valence-corrected chi connectivity index (χ1v) is 5.92. The molecular weight excluding hydrogens is 265 g/mol. The Morgan fingerprint density at radius 2 is 2.45 bits per heavy atom. The highest BCUT2D eigenvalue weighted by Gasteiger charge is 2.38. The Morgan fingerprint density at radius 3 is 3.10 bits per heavy atom. The third-order valence-electron chi connectivity index (χ3n) is 3.28. The number of nitriles is 1. The lowest BCUT2D eigenvalue weighted by atomic mass is 10.1. The predicted molar refractivity (Wildman–Crippen MR) is 65.3 cm³/mol. The molecule has 1 saturated heterocycles. The molecular formula is C12H10FN5O2. The third kappa shape index (κ3) is 1.71. The van der Waals surface area contributed by atoms with E-state index in [0.717, 1.165) is 0 Å². The van der Waals surface area contributed by atoms with Gasteiger partial charge in [0.2, 0.25) is 0 Å². The van der Waals surface area contributed by atoms with Crippen molar-refractivity contribution in [2.45, 2.75) is 24.8 Å². The van der Waals surface area contributed by atoms with Gasteiger partial charge in [0, 0.05) is 6.42 Å².